The standard InChI is InChI=1S/C30H33FN4O/c1-2-21-6-8-23(9-7-21)25-16-26(29-11-10-28(33-29)24-4-3-5-27(31)17-24)20-35(19-25)30(36)34-14-12-22(18-32)13-15-34/h3-10,17,22,25-26H,2,11-16,19-20H2,1H3. The van der Waals surface area contributed by atoms with Crippen molar-refractivity contribution in [2.45, 2.75) is 44.9 Å². The third kappa shape index (κ3) is 5.21. The molecule has 0 spiro atoms. The number of urea groups is 1. The predicted octanol–water partition coefficient (Wildman–Crippen LogP) is 6.03. The van der Waals surface area contributed by atoms with E-state index in [0.717, 1.165) is 49.1 Å². The molecule has 3 aliphatic rings. The molecule has 5 rings (SSSR count). The Bertz CT molecular complexity index is 1200. The van der Waals surface area contributed by atoms with Gasteiger partial charge in [-0.15, -0.1) is 0 Å². The molecule has 0 aromatic heterocycles. The number of piperidine rings is 2. The van der Waals surface area contributed by atoms with Gasteiger partial charge in [0, 0.05) is 61.6 Å². The van der Waals surface area contributed by atoms with Crippen LogP contribution < -0.4 is 0 Å². The molecule has 0 saturated carbocycles. The fraction of sp³-hybridized carbons (Fsp3) is 0.433. The summed E-state index contributed by atoms with van der Waals surface area (Å²) in [6.07, 6.45) is 6.23. The maximum atomic E-state index is 13.8. The molecule has 3 heterocycles. The number of hydrogen-bond donors (Lipinski definition) is 0. The van der Waals surface area contributed by atoms with E-state index in [1.165, 1.54) is 23.3 Å². The molecule has 2 unspecified atom stereocenters. The molecule has 0 N–H and O–H groups in total. The number of rotatable bonds is 4. The molecule has 2 aromatic rings. The molecular weight excluding hydrogens is 451 g/mol. The molecule has 5 nitrogen and oxygen atoms in total. The predicted molar refractivity (Wildman–Crippen MR) is 140 cm³/mol. The minimum atomic E-state index is -0.262. The highest BCUT2D eigenvalue weighted by atomic mass is 19.1. The van der Waals surface area contributed by atoms with Crippen molar-refractivity contribution in [3.8, 4) is 6.07 Å². The van der Waals surface area contributed by atoms with Crippen LogP contribution in [0.4, 0.5) is 9.18 Å². The van der Waals surface area contributed by atoms with E-state index >= 15 is 0 Å². The van der Waals surface area contributed by atoms with Crippen LogP contribution >= 0.6 is 0 Å². The lowest BCUT2D eigenvalue weighted by Gasteiger charge is -2.41. The van der Waals surface area contributed by atoms with Gasteiger partial charge in [-0.1, -0.05) is 49.4 Å². The van der Waals surface area contributed by atoms with E-state index in [0.29, 0.717) is 26.2 Å². The lowest BCUT2D eigenvalue weighted by Crippen LogP contribution is -2.52. The summed E-state index contributed by atoms with van der Waals surface area (Å²) >= 11 is 0. The Balaban J connectivity index is 1.37. The third-order valence-corrected chi connectivity index (χ3v) is 7.89. The summed E-state index contributed by atoms with van der Waals surface area (Å²) in [6.45, 7) is 4.77. The second kappa shape index (κ2) is 10.7. The van der Waals surface area contributed by atoms with Crippen LogP contribution in [0.25, 0.3) is 5.70 Å². The topological polar surface area (TPSA) is 59.7 Å². The van der Waals surface area contributed by atoms with Crippen molar-refractivity contribution in [1.29, 1.82) is 5.26 Å². The van der Waals surface area contributed by atoms with Gasteiger partial charge in [-0.05, 0) is 48.9 Å². The van der Waals surface area contributed by atoms with E-state index in [-0.39, 0.29) is 29.6 Å². The number of nitrogens with zero attached hydrogens (tertiary/aromatic N) is 4. The van der Waals surface area contributed by atoms with Crippen molar-refractivity contribution in [1.82, 2.24) is 9.80 Å². The number of carbonyl (C=O) groups excluding carboxylic acids is 1. The number of aliphatic imine (C=N–C) groups is 1. The second-order valence-corrected chi connectivity index (χ2v) is 10.2. The first-order valence-electron chi connectivity index (χ1n) is 13.1. The first-order chi connectivity index (χ1) is 17.5. The lowest BCUT2D eigenvalue weighted by molar-refractivity contribution is 0.119. The van der Waals surface area contributed by atoms with Crippen LogP contribution in [-0.4, -0.2) is 47.7 Å². The Labute approximate surface area is 212 Å². The number of carbonyl (C=O) groups is 1. The van der Waals surface area contributed by atoms with Crippen LogP contribution in [0.1, 0.15) is 55.2 Å². The monoisotopic (exact) mass is 484 g/mol. The molecule has 0 radical (unpaired) electrons. The molecule has 36 heavy (non-hydrogen) atoms. The zero-order chi connectivity index (χ0) is 25.1. The van der Waals surface area contributed by atoms with Crippen molar-refractivity contribution in [2.24, 2.45) is 16.8 Å². The molecule has 2 aromatic carbocycles. The number of nitriles is 1. The van der Waals surface area contributed by atoms with Gasteiger partial charge in [0.1, 0.15) is 5.82 Å². The van der Waals surface area contributed by atoms with Crippen LogP contribution in [0.3, 0.4) is 0 Å². The highest BCUT2D eigenvalue weighted by molar-refractivity contribution is 5.97. The van der Waals surface area contributed by atoms with Crippen molar-refractivity contribution < 1.29 is 9.18 Å². The van der Waals surface area contributed by atoms with Crippen LogP contribution in [0.15, 0.2) is 59.6 Å². The minimum Gasteiger partial charge on any atom is -0.325 e. The molecule has 6 heteroatoms. The van der Waals surface area contributed by atoms with Gasteiger partial charge in [-0.3, -0.25) is 4.99 Å². The van der Waals surface area contributed by atoms with Gasteiger partial charge in [0.05, 0.1) is 11.8 Å². The molecular formula is C30H33FN4O. The fourth-order valence-electron chi connectivity index (χ4n) is 5.70. The summed E-state index contributed by atoms with van der Waals surface area (Å²) in [5.74, 6) is 0.170. The third-order valence-electron chi connectivity index (χ3n) is 7.89. The summed E-state index contributed by atoms with van der Waals surface area (Å²) in [5, 5.41) is 9.23. The summed E-state index contributed by atoms with van der Waals surface area (Å²) in [5.41, 5.74) is 5.25. The van der Waals surface area contributed by atoms with Crippen LogP contribution in [-0.2, 0) is 6.42 Å². The molecule has 0 bridgehead atoms. The Kier molecular flexibility index (Phi) is 7.18. The maximum absolute atomic E-state index is 13.8. The molecule has 2 atom stereocenters. The van der Waals surface area contributed by atoms with Crippen molar-refractivity contribution >= 4 is 17.4 Å². The number of aryl methyl sites for hydroxylation is 1. The summed E-state index contributed by atoms with van der Waals surface area (Å²) in [7, 11) is 0. The zero-order valence-electron chi connectivity index (χ0n) is 20.9. The highest BCUT2D eigenvalue weighted by Crippen LogP contribution is 2.35. The number of amides is 2. The molecule has 186 valence electrons. The number of hydrogen-bond acceptors (Lipinski definition) is 3. The number of likely N-dealkylation sites (tertiary alicyclic amines) is 2. The average molecular weight is 485 g/mol. The van der Waals surface area contributed by atoms with E-state index in [1.807, 2.05) is 15.9 Å². The maximum Gasteiger partial charge on any atom is 0.320 e. The van der Waals surface area contributed by atoms with Gasteiger partial charge in [0.25, 0.3) is 0 Å². The first kappa shape index (κ1) is 24.2. The normalized spacial score (nSPS) is 22.7. The second-order valence-electron chi connectivity index (χ2n) is 10.2. The minimum absolute atomic E-state index is 0.0492. The van der Waals surface area contributed by atoms with Gasteiger partial charge < -0.3 is 9.80 Å². The van der Waals surface area contributed by atoms with Crippen molar-refractivity contribution in [2.75, 3.05) is 26.2 Å². The highest BCUT2D eigenvalue weighted by Gasteiger charge is 2.36. The van der Waals surface area contributed by atoms with Gasteiger partial charge in [0.2, 0.25) is 0 Å². The van der Waals surface area contributed by atoms with Gasteiger partial charge >= 0.3 is 6.03 Å². The average Bonchev–Trinajstić information content (AvgIpc) is 3.43. The lowest BCUT2D eigenvalue weighted by atomic mass is 9.81. The number of halogens is 1. The van der Waals surface area contributed by atoms with E-state index in [1.54, 1.807) is 6.07 Å². The smallest absolute Gasteiger partial charge is 0.320 e. The van der Waals surface area contributed by atoms with Crippen molar-refractivity contribution in [3.63, 3.8) is 0 Å². The molecule has 3 aliphatic heterocycles. The largest absolute Gasteiger partial charge is 0.325 e. The fourth-order valence-corrected chi connectivity index (χ4v) is 5.70. The van der Waals surface area contributed by atoms with Crippen LogP contribution in [0, 0.1) is 29.0 Å². The van der Waals surface area contributed by atoms with Crippen LogP contribution in [0.5, 0.6) is 0 Å². The van der Waals surface area contributed by atoms with E-state index in [2.05, 4.69) is 43.3 Å². The summed E-state index contributed by atoms with van der Waals surface area (Å²) in [6, 6.07) is 17.8. The van der Waals surface area contributed by atoms with Crippen LogP contribution in [0.2, 0.25) is 0 Å². The first-order valence-corrected chi connectivity index (χ1v) is 13.1. The van der Waals surface area contributed by atoms with E-state index in [9.17, 15) is 14.4 Å². The van der Waals surface area contributed by atoms with E-state index in [4.69, 9.17) is 4.99 Å². The molecule has 2 fully saturated rings. The summed E-state index contributed by atoms with van der Waals surface area (Å²) in [4.78, 5) is 22.4. The molecule has 2 saturated heterocycles. The van der Waals surface area contributed by atoms with Gasteiger partial charge in [-0.2, -0.15) is 5.26 Å². The van der Waals surface area contributed by atoms with Gasteiger partial charge in [-0.25, -0.2) is 9.18 Å². The summed E-state index contributed by atoms with van der Waals surface area (Å²) < 4.78 is 13.8. The van der Waals surface area contributed by atoms with E-state index < -0.39 is 0 Å². The van der Waals surface area contributed by atoms with Crippen molar-refractivity contribution in [3.05, 3.63) is 77.1 Å². The number of benzene rings is 2. The zero-order valence-corrected chi connectivity index (χ0v) is 20.9. The SMILES string of the molecule is CCc1ccc(C2CC(C3=NC(c4cccc(F)c4)=CC3)CN(C(=O)N3CCC(C#N)CC3)C2)cc1. The molecule has 0 aliphatic carbocycles. The Morgan fingerprint density at radius 3 is 2.53 bits per heavy atom. The number of allylic oxidation sites excluding steroid dienone is 1. The van der Waals surface area contributed by atoms with Gasteiger partial charge in [0.15, 0.2) is 0 Å². The Hall–Kier alpha value is -3.46. The Morgan fingerprint density at radius 1 is 1.08 bits per heavy atom. The molecule has 2 amide bonds. The quantitative estimate of drug-likeness (QED) is 0.532. The Morgan fingerprint density at radius 2 is 1.83 bits per heavy atom.